The first-order chi connectivity index (χ1) is 69.5. The van der Waals surface area contributed by atoms with Crippen molar-refractivity contribution in [3.05, 3.63) is 380 Å². The van der Waals surface area contributed by atoms with Crippen molar-refractivity contribution in [2.45, 2.75) is 52.4 Å². The van der Waals surface area contributed by atoms with Gasteiger partial charge in [0.1, 0.15) is 44.7 Å². The number of nitrogens with zero attached hydrogens (tertiary/aromatic N) is 7. The minimum Gasteiger partial charge on any atom is -0.456 e. The van der Waals surface area contributed by atoms with Crippen LogP contribution in [0, 0.1) is 17.9 Å². The summed E-state index contributed by atoms with van der Waals surface area (Å²) in [7, 11) is 0. The zero-order valence-corrected chi connectivity index (χ0v) is 70.7. The quantitative estimate of drug-likeness (QED) is 0.110. The monoisotopic (exact) mass is 1680 g/mol. The Labute approximate surface area is 766 Å². The Bertz CT molecular complexity index is 9850. The summed E-state index contributed by atoms with van der Waals surface area (Å²) in [5.41, 5.74) is 16.8. The van der Waals surface area contributed by atoms with E-state index in [-0.39, 0.29) is 55.0 Å². The lowest BCUT2D eigenvalue weighted by atomic mass is 9.33. The summed E-state index contributed by atoms with van der Waals surface area (Å²) in [5.74, 6) is 0. The number of para-hydroxylation sites is 8. The standard InChI is InChI=1S/C118H76BN7O4/c1-117(2,3)88-64-86(77-36-25-45-106-108(77)79-32-14-21-41-102(79)127-106)113(110-81-34-16-23-43-104(81)129-115(88)110)125-98-62-72(123-93-39-19-11-29-74(93)83-57-67(66-120)47-54-95(83)123)50-52-90(98)119-91-53-51-73(124-94-40-20-13-31-76(94)85-61-70(121-7)49-56-97(85)124)63-99(91)126(101-60-69(59-100(125)112(101)119)68-48-55-96-84(58-68)75-30-12-18-38-92(75)122(96)71-27-9-8-10-28-71)114-87(78-37-26-46-107-109(78)80-33-15-22-42-103(80)128-107)65-89(118(4,5)6)116-111(114)82-35-17-24-44-105(82)130-116/h8-65H,1-6H3/i11D,13D,19D,20D,29D,31D,39D,40D,47D,49D,54D,56D,57D,61D. The highest BCUT2D eigenvalue weighted by atomic mass is 16.3. The summed E-state index contributed by atoms with van der Waals surface area (Å²) in [6, 6.07) is 84.3. The summed E-state index contributed by atoms with van der Waals surface area (Å²) < 4.78 is 173. The molecular weight excluding hydrogens is 1590 g/mol. The van der Waals surface area contributed by atoms with Gasteiger partial charge in [-0.25, -0.2) is 4.85 Å². The molecule has 7 aromatic heterocycles. The molecule has 12 heteroatoms. The van der Waals surface area contributed by atoms with Crippen LogP contribution in [0.4, 0.5) is 39.8 Å². The normalized spacial score (nSPS) is 14.4. The SMILES string of the molecule is [2H]c1c([2H])c([2H])c2c(c1[2H])c1c([2H])c(C#N)c([2H])c([2H])c1n2-c1ccc2c(c1)N(c1c(-c3cccc4oc5ccccc5c34)cc(C(C)(C)C)c3oc4ccccc4c13)c1cc(-c3ccc4c(c3)c3ccccc3n4-c3ccccc3)cc3c1B2c1ccc(-n2c4c([2H])c([2H])c([2H])c([2H])c4c4c([2H])c([N+]#[C-])c([2H])c([2H])c42)cc1N3c1c(-c2cccc3oc4ccccc4c23)cc(C(C)(C)C)c2oc3ccccc3c12. The van der Waals surface area contributed by atoms with Gasteiger partial charge in [-0.1, -0.05) is 235 Å². The Morgan fingerprint density at radius 2 is 0.785 bits per heavy atom. The fourth-order valence-corrected chi connectivity index (χ4v) is 21.3. The molecule has 0 aliphatic carbocycles. The van der Waals surface area contributed by atoms with Gasteiger partial charge in [-0.05, 0) is 212 Å². The number of aromatic nitrogens is 3. The maximum Gasteiger partial charge on any atom is 0.252 e. The number of hydrogen-bond donors (Lipinski definition) is 0. The predicted molar refractivity (Wildman–Crippen MR) is 537 cm³/mol. The van der Waals surface area contributed by atoms with E-state index in [9.17, 15) is 24.5 Å². The molecule has 0 spiro atoms. The fourth-order valence-electron chi connectivity index (χ4n) is 21.3. The number of hydrogen-bond acceptors (Lipinski definition) is 7. The van der Waals surface area contributed by atoms with Crippen molar-refractivity contribution in [3.63, 3.8) is 0 Å². The fraction of sp³-hybridized carbons (Fsp3) is 0.0678. The summed E-state index contributed by atoms with van der Waals surface area (Å²) in [4.78, 5) is 8.29. The maximum atomic E-state index is 11.0. The van der Waals surface area contributed by atoms with Gasteiger partial charge in [0, 0.05) is 124 Å². The van der Waals surface area contributed by atoms with Crippen LogP contribution in [0.3, 0.4) is 0 Å². The van der Waals surface area contributed by atoms with Gasteiger partial charge < -0.3 is 41.2 Å². The Balaban J connectivity index is 0.897. The number of nitriles is 1. The van der Waals surface area contributed by atoms with Crippen molar-refractivity contribution in [2.24, 2.45) is 0 Å². The van der Waals surface area contributed by atoms with Crippen molar-refractivity contribution in [2.75, 3.05) is 9.80 Å². The molecule has 18 aromatic carbocycles. The van der Waals surface area contributed by atoms with Crippen molar-refractivity contribution in [3.8, 4) is 56.5 Å². The van der Waals surface area contributed by atoms with E-state index in [0.29, 0.717) is 106 Å². The topological polar surface area (TPSA) is 102 Å². The molecule has 0 unspecified atom stereocenters. The molecule has 0 bridgehead atoms. The summed E-state index contributed by atoms with van der Waals surface area (Å²) >= 11 is 0. The number of furan rings is 4. The van der Waals surface area contributed by atoms with E-state index >= 15 is 0 Å². The number of anilines is 6. The van der Waals surface area contributed by atoms with Crippen LogP contribution in [0.5, 0.6) is 0 Å². The van der Waals surface area contributed by atoms with E-state index in [4.69, 9.17) is 24.2 Å². The van der Waals surface area contributed by atoms with Gasteiger partial charge >= 0.3 is 0 Å². The first-order valence-corrected chi connectivity index (χ1v) is 43.3. The molecule has 25 aromatic rings. The minimum atomic E-state index is -0.968. The number of rotatable bonds is 8. The van der Waals surface area contributed by atoms with Crippen LogP contribution in [0.2, 0.25) is 0 Å². The van der Waals surface area contributed by atoms with Crippen LogP contribution < -0.4 is 26.2 Å². The number of fused-ring (bicyclic) bond motifs is 25. The van der Waals surface area contributed by atoms with Crippen LogP contribution in [0.15, 0.2) is 369 Å². The zero-order valence-electron chi connectivity index (χ0n) is 84.7. The highest BCUT2D eigenvalue weighted by molar-refractivity contribution is 7.00. The largest absolute Gasteiger partial charge is 0.456 e. The van der Waals surface area contributed by atoms with Gasteiger partial charge in [-0.2, -0.15) is 5.26 Å². The molecule has 2 aliphatic rings. The smallest absolute Gasteiger partial charge is 0.252 e. The molecule has 9 heterocycles. The van der Waals surface area contributed by atoms with Gasteiger partial charge in [-0.3, -0.25) is 0 Å². The molecular formula is C118H76BN7O4. The first kappa shape index (κ1) is 60.7. The molecule has 11 nitrogen and oxygen atoms in total. The molecule has 27 rings (SSSR count). The van der Waals surface area contributed by atoms with Crippen molar-refractivity contribution < 1.29 is 36.9 Å². The van der Waals surface area contributed by atoms with E-state index in [1.54, 1.807) is 9.13 Å². The highest BCUT2D eigenvalue weighted by Crippen LogP contribution is 2.60. The molecule has 130 heavy (non-hydrogen) atoms. The van der Waals surface area contributed by atoms with Crippen LogP contribution in [-0.2, 0) is 10.8 Å². The van der Waals surface area contributed by atoms with E-state index in [1.807, 2.05) is 170 Å². The van der Waals surface area contributed by atoms with E-state index in [1.165, 1.54) is 0 Å². The van der Waals surface area contributed by atoms with Crippen molar-refractivity contribution in [1.82, 2.24) is 13.7 Å². The summed E-state index contributed by atoms with van der Waals surface area (Å²) in [6.45, 7) is 20.5. The van der Waals surface area contributed by atoms with Crippen LogP contribution in [0.25, 0.3) is 208 Å². The zero-order chi connectivity index (χ0) is 98.8. The number of benzene rings is 18. The molecule has 0 amide bonds. The Morgan fingerprint density at radius 3 is 1.31 bits per heavy atom. The Kier molecular flexibility index (Phi) is 12.6. The third-order valence-corrected chi connectivity index (χ3v) is 26.8. The van der Waals surface area contributed by atoms with E-state index in [0.717, 1.165) is 104 Å². The molecule has 2 aliphatic heterocycles. The molecule has 0 radical (unpaired) electrons. The van der Waals surface area contributed by atoms with E-state index in [2.05, 4.69) is 164 Å². The lowest BCUT2D eigenvalue weighted by Crippen LogP contribution is -2.61. The second-order valence-electron chi connectivity index (χ2n) is 36.0. The highest BCUT2D eigenvalue weighted by Gasteiger charge is 2.48. The van der Waals surface area contributed by atoms with Crippen LogP contribution >= 0.6 is 0 Å². The second-order valence-corrected chi connectivity index (χ2v) is 36.0. The van der Waals surface area contributed by atoms with Gasteiger partial charge in [-0.15, -0.1) is 0 Å². The molecule has 0 fully saturated rings. The van der Waals surface area contributed by atoms with Gasteiger partial charge in [0.05, 0.1) is 89.9 Å². The Morgan fingerprint density at radius 1 is 0.338 bits per heavy atom. The summed E-state index contributed by atoms with van der Waals surface area (Å²) in [5, 5.41) is 18.5. The Hall–Kier alpha value is -16.8. The van der Waals surface area contributed by atoms with Crippen molar-refractivity contribution >= 4 is 216 Å². The predicted octanol–water partition coefficient (Wildman–Crippen LogP) is 30.7. The molecule has 0 atom stereocenters. The molecule has 0 N–H and O–H groups in total. The average molecular weight is 1680 g/mol. The van der Waals surface area contributed by atoms with Gasteiger partial charge in [0.2, 0.25) is 0 Å². The minimum absolute atomic E-state index is 0.117. The van der Waals surface area contributed by atoms with Crippen LogP contribution in [-0.4, -0.2) is 20.4 Å². The molecule has 610 valence electrons. The summed E-state index contributed by atoms with van der Waals surface area (Å²) in [6.07, 6.45) is 0. The van der Waals surface area contributed by atoms with Gasteiger partial charge in [0.25, 0.3) is 6.71 Å². The van der Waals surface area contributed by atoms with Gasteiger partial charge in [0.15, 0.2) is 5.69 Å². The first-order valence-electron chi connectivity index (χ1n) is 50.3. The van der Waals surface area contributed by atoms with Crippen molar-refractivity contribution in [1.29, 1.82) is 5.26 Å². The van der Waals surface area contributed by atoms with E-state index < -0.39 is 113 Å². The molecule has 0 saturated carbocycles. The van der Waals surface area contributed by atoms with Crippen LogP contribution in [0.1, 0.15) is 77.4 Å². The molecule has 0 saturated heterocycles. The maximum absolute atomic E-state index is 11.0. The average Bonchev–Trinajstić information content (AvgIpc) is 1.06. The lowest BCUT2D eigenvalue weighted by molar-refractivity contribution is 0.572. The third-order valence-electron chi connectivity index (χ3n) is 26.8. The third kappa shape index (κ3) is 10.4. The second kappa shape index (κ2) is 26.9. The lowest BCUT2D eigenvalue weighted by Gasteiger charge is -2.46.